The van der Waals surface area contributed by atoms with Crippen molar-refractivity contribution in [3.8, 4) is 0 Å². The molecule has 1 aromatic heterocycles. The van der Waals surface area contributed by atoms with Gasteiger partial charge in [-0.05, 0) is 18.9 Å². The predicted octanol–water partition coefficient (Wildman–Crippen LogP) is 5.00. The van der Waals surface area contributed by atoms with Crippen LogP contribution in [0.15, 0.2) is 30.3 Å². The van der Waals surface area contributed by atoms with Crippen LogP contribution in [-0.2, 0) is 22.0 Å². The first-order valence-electron chi connectivity index (χ1n) is 8.81. The second kappa shape index (κ2) is 10.9. The molecular weight excluding hydrogens is 388 g/mol. The highest BCUT2D eigenvalue weighted by molar-refractivity contribution is 7.17. The Hall–Kier alpha value is -2.12. The Labute approximate surface area is 168 Å². The van der Waals surface area contributed by atoms with Gasteiger partial charge in [-0.15, -0.1) is 11.6 Å². The number of nitrogens with zero attached hydrogens (tertiary/aromatic N) is 2. The molecule has 0 bridgehead atoms. The zero-order chi connectivity index (χ0) is 19.6. The number of amides is 1. The van der Waals surface area contributed by atoms with Crippen LogP contribution >= 0.6 is 22.9 Å². The van der Waals surface area contributed by atoms with Gasteiger partial charge in [0.15, 0.2) is 5.13 Å². The number of benzene rings is 1. The van der Waals surface area contributed by atoms with Crippen molar-refractivity contribution in [1.29, 1.82) is 0 Å². The third-order valence-corrected chi connectivity index (χ3v) is 5.02. The van der Waals surface area contributed by atoms with Gasteiger partial charge in [0, 0.05) is 6.54 Å². The fourth-order valence-electron chi connectivity index (χ4n) is 2.28. The minimum Gasteiger partial charge on any atom is -0.462 e. The molecule has 0 aliphatic rings. The maximum atomic E-state index is 12.6. The Morgan fingerprint density at radius 1 is 1.19 bits per heavy atom. The van der Waals surface area contributed by atoms with Gasteiger partial charge in [-0.1, -0.05) is 55.0 Å². The summed E-state index contributed by atoms with van der Waals surface area (Å²) in [4.78, 5) is 30.9. The van der Waals surface area contributed by atoms with Crippen molar-refractivity contribution in [2.45, 2.75) is 39.2 Å². The Kier molecular flexibility index (Phi) is 8.54. The molecule has 0 fully saturated rings. The van der Waals surface area contributed by atoms with E-state index >= 15 is 0 Å². The number of halogens is 1. The Morgan fingerprint density at radius 2 is 1.93 bits per heavy atom. The predicted molar refractivity (Wildman–Crippen MR) is 107 cm³/mol. The number of anilines is 1. The number of esters is 1. The lowest BCUT2D eigenvalue weighted by Gasteiger charge is -2.19. The van der Waals surface area contributed by atoms with E-state index in [1.807, 2.05) is 37.3 Å². The number of carbonyl (C=O) groups excluding carboxylic acids is 2. The van der Waals surface area contributed by atoms with Gasteiger partial charge in [-0.25, -0.2) is 14.6 Å². The summed E-state index contributed by atoms with van der Waals surface area (Å²) < 4.78 is 10.5. The molecule has 1 amide bonds. The van der Waals surface area contributed by atoms with Crippen LogP contribution in [0, 0.1) is 0 Å². The van der Waals surface area contributed by atoms with Gasteiger partial charge >= 0.3 is 12.1 Å². The summed E-state index contributed by atoms with van der Waals surface area (Å²) >= 11 is 7.02. The van der Waals surface area contributed by atoms with E-state index in [2.05, 4.69) is 4.98 Å². The van der Waals surface area contributed by atoms with Crippen molar-refractivity contribution in [3.05, 3.63) is 46.5 Å². The first kappa shape index (κ1) is 21.2. The molecule has 0 atom stereocenters. The second-order valence-electron chi connectivity index (χ2n) is 5.67. The SMILES string of the molecule is CCCCN(C(=O)OCc1ccccc1)c1nc(CCl)c(C(=O)OCC)s1. The summed E-state index contributed by atoms with van der Waals surface area (Å²) in [5, 5.41) is 0.389. The first-order chi connectivity index (χ1) is 13.1. The molecule has 0 saturated carbocycles. The van der Waals surface area contributed by atoms with Crippen LogP contribution in [0.5, 0.6) is 0 Å². The van der Waals surface area contributed by atoms with Gasteiger partial charge in [0.05, 0.1) is 18.2 Å². The number of carbonyl (C=O) groups is 2. The lowest BCUT2D eigenvalue weighted by molar-refractivity contribution is 0.0531. The van der Waals surface area contributed by atoms with Gasteiger partial charge in [-0.2, -0.15) is 0 Å². The van der Waals surface area contributed by atoms with E-state index in [-0.39, 0.29) is 19.1 Å². The summed E-state index contributed by atoms with van der Waals surface area (Å²) in [6, 6.07) is 9.45. The molecule has 1 heterocycles. The average molecular weight is 411 g/mol. The molecule has 1 aromatic carbocycles. The van der Waals surface area contributed by atoms with Crippen molar-refractivity contribution in [1.82, 2.24) is 4.98 Å². The number of ether oxygens (including phenoxy) is 2. The molecule has 0 N–H and O–H groups in total. The molecule has 8 heteroatoms. The Morgan fingerprint density at radius 3 is 2.56 bits per heavy atom. The summed E-state index contributed by atoms with van der Waals surface area (Å²) in [5.74, 6) is -0.421. The summed E-state index contributed by atoms with van der Waals surface area (Å²) in [7, 11) is 0. The standard InChI is InChI=1S/C19H23ClN2O4S/c1-3-5-11-22(19(24)26-13-14-9-7-6-8-10-14)18-21-15(12-20)16(27-18)17(23)25-4-2/h6-10H,3-5,11-13H2,1-2H3. The molecule has 146 valence electrons. The number of alkyl halides is 1. The number of rotatable bonds is 9. The highest BCUT2D eigenvalue weighted by Gasteiger charge is 2.25. The van der Waals surface area contributed by atoms with Gasteiger partial charge in [0.25, 0.3) is 0 Å². The Bertz CT molecular complexity index is 751. The molecule has 0 saturated heterocycles. The molecule has 0 spiro atoms. The average Bonchev–Trinajstić information content (AvgIpc) is 3.12. The third kappa shape index (κ3) is 5.94. The molecule has 6 nitrogen and oxygen atoms in total. The van der Waals surface area contributed by atoms with E-state index in [1.165, 1.54) is 4.90 Å². The lowest BCUT2D eigenvalue weighted by atomic mass is 10.2. The van der Waals surface area contributed by atoms with E-state index in [4.69, 9.17) is 21.1 Å². The minimum absolute atomic E-state index is 0.0608. The minimum atomic E-state index is -0.502. The van der Waals surface area contributed by atoms with Crippen molar-refractivity contribution in [2.75, 3.05) is 18.1 Å². The van der Waals surface area contributed by atoms with E-state index < -0.39 is 12.1 Å². The molecular formula is C19H23ClN2O4S. The fourth-order valence-corrected chi connectivity index (χ4v) is 3.54. The topological polar surface area (TPSA) is 68.7 Å². The smallest absolute Gasteiger partial charge is 0.416 e. The summed E-state index contributed by atoms with van der Waals surface area (Å²) in [6.07, 6.45) is 1.18. The summed E-state index contributed by atoms with van der Waals surface area (Å²) in [6.45, 7) is 4.63. The van der Waals surface area contributed by atoms with Crippen molar-refractivity contribution in [2.24, 2.45) is 0 Å². The second-order valence-corrected chi connectivity index (χ2v) is 6.92. The fraction of sp³-hybridized carbons (Fsp3) is 0.421. The number of hydrogen-bond acceptors (Lipinski definition) is 6. The quantitative estimate of drug-likeness (QED) is 0.429. The van der Waals surface area contributed by atoms with Crippen LogP contribution in [0.4, 0.5) is 9.93 Å². The van der Waals surface area contributed by atoms with Crippen LogP contribution in [0.3, 0.4) is 0 Å². The van der Waals surface area contributed by atoms with E-state index in [0.717, 1.165) is 29.7 Å². The zero-order valence-corrected chi connectivity index (χ0v) is 17.0. The van der Waals surface area contributed by atoms with Crippen LogP contribution in [0.25, 0.3) is 0 Å². The van der Waals surface area contributed by atoms with Crippen LogP contribution in [0.2, 0.25) is 0 Å². The molecule has 2 rings (SSSR count). The molecule has 0 aliphatic heterocycles. The molecule has 0 aliphatic carbocycles. The van der Waals surface area contributed by atoms with E-state index in [9.17, 15) is 9.59 Å². The maximum absolute atomic E-state index is 12.6. The normalized spacial score (nSPS) is 10.5. The highest BCUT2D eigenvalue weighted by Crippen LogP contribution is 2.29. The monoisotopic (exact) mass is 410 g/mol. The Balaban J connectivity index is 2.19. The molecule has 0 unspecified atom stereocenters. The lowest BCUT2D eigenvalue weighted by Crippen LogP contribution is -2.32. The van der Waals surface area contributed by atoms with Gasteiger partial charge in [0.2, 0.25) is 0 Å². The largest absolute Gasteiger partial charge is 0.462 e. The van der Waals surface area contributed by atoms with Crippen molar-refractivity contribution < 1.29 is 19.1 Å². The van der Waals surface area contributed by atoms with Crippen LogP contribution < -0.4 is 4.90 Å². The van der Waals surface area contributed by atoms with E-state index in [1.54, 1.807) is 6.92 Å². The van der Waals surface area contributed by atoms with E-state index in [0.29, 0.717) is 22.2 Å². The number of unbranched alkanes of at least 4 members (excludes halogenated alkanes) is 1. The first-order valence-corrected chi connectivity index (χ1v) is 10.2. The van der Waals surface area contributed by atoms with Crippen molar-refractivity contribution in [3.63, 3.8) is 0 Å². The maximum Gasteiger partial charge on any atom is 0.416 e. The molecule has 0 radical (unpaired) electrons. The highest BCUT2D eigenvalue weighted by atomic mass is 35.5. The number of thiazole rings is 1. The van der Waals surface area contributed by atoms with Gasteiger partial charge < -0.3 is 9.47 Å². The van der Waals surface area contributed by atoms with Crippen LogP contribution in [0.1, 0.15) is 47.6 Å². The summed E-state index contributed by atoms with van der Waals surface area (Å²) in [5.41, 5.74) is 1.31. The molecule has 2 aromatic rings. The van der Waals surface area contributed by atoms with Gasteiger partial charge in [-0.3, -0.25) is 4.90 Å². The number of aromatic nitrogens is 1. The van der Waals surface area contributed by atoms with Gasteiger partial charge in [0.1, 0.15) is 11.5 Å². The zero-order valence-electron chi connectivity index (χ0n) is 15.4. The van der Waals surface area contributed by atoms with Crippen molar-refractivity contribution >= 4 is 40.1 Å². The third-order valence-electron chi connectivity index (χ3n) is 3.67. The van der Waals surface area contributed by atoms with Crippen LogP contribution in [-0.4, -0.2) is 30.2 Å². The molecule has 27 heavy (non-hydrogen) atoms. The number of hydrogen-bond donors (Lipinski definition) is 0.